The summed E-state index contributed by atoms with van der Waals surface area (Å²) < 4.78 is 161. The van der Waals surface area contributed by atoms with Crippen LogP contribution in [0.25, 0.3) is 0 Å². The number of hydrogen-bond acceptors (Lipinski definition) is 22. The van der Waals surface area contributed by atoms with E-state index in [1.54, 1.807) is 0 Å². The molecule has 4 atom stereocenters. The number of hydrogen-bond donors (Lipinski definition) is 0. The number of phosphoric ester groups is 4. The molecular weight excluding hydrogens is 1660 g/mol. The van der Waals surface area contributed by atoms with Crippen molar-refractivity contribution in [3.8, 4) is 0 Å². The maximum absolute atomic E-state index is 12.7. The molecule has 22 nitrogen and oxygen atoms in total. The normalized spacial score (nSPS) is 31.7. The lowest BCUT2D eigenvalue weighted by atomic mass is 9.93. The van der Waals surface area contributed by atoms with Crippen molar-refractivity contribution in [2.45, 2.75) is 74.7 Å². The average Bonchev–Trinajstić information content (AvgIpc) is 3.37. The standard InChI is InChI=1S/C15H28Br2O8P2.C14H26Br2O6P2.C11H18Br4O8P2/c1-13(2)7-20-26(18,21-8-13)24-11-15(5-16,6-17)12-25-27(19)22-9-14(3,4)10-23-27;1-13(2)7-19-23(17,20-8-13)5-11(15)12(16)6-24(18)21-9-14(3,4)10-22-24;12-1-9(14)3-18-24(16)20-5-11(6-21-24)7-22-25(17,23-8-11)19-4-10(15)2-13/h5-12H2,1-4H3;11-12H,5-10H2,1-4H3;9-10H,1-8H2. The van der Waals surface area contributed by atoms with Crippen LogP contribution in [0.1, 0.15) is 55.4 Å². The van der Waals surface area contributed by atoms with Crippen LogP contribution in [-0.2, 0) is 99.8 Å². The fourth-order valence-electron chi connectivity index (χ4n) is 5.87. The Labute approximate surface area is 515 Å². The molecule has 6 rings (SSSR count). The molecule has 0 radical (unpaired) electrons. The molecular formula is C40H72Br8O22P6. The molecule has 76 heavy (non-hydrogen) atoms. The maximum atomic E-state index is 12.7. The van der Waals surface area contributed by atoms with Gasteiger partial charge in [-0.15, -0.1) is 0 Å². The van der Waals surface area contributed by atoms with Gasteiger partial charge in [-0.05, 0) is 0 Å². The van der Waals surface area contributed by atoms with Crippen LogP contribution in [0.15, 0.2) is 0 Å². The summed E-state index contributed by atoms with van der Waals surface area (Å²) in [6.45, 7) is 19.1. The summed E-state index contributed by atoms with van der Waals surface area (Å²) in [5, 5.41) is 2.14. The van der Waals surface area contributed by atoms with Gasteiger partial charge in [-0.3, -0.25) is 63.4 Å². The van der Waals surface area contributed by atoms with Crippen molar-refractivity contribution in [3.05, 3.63) is 0 Å². The van der Waals surface area contributed by atoms with E-state index in [0.29, 0.717) is 47.7 Å². The fourth-order valence-corrected chi connectivity index (χ4v) is 21.9. The first-order chi connectivity index (χ1) is 34.9. The Morgan fingerprint density at radius 1 is 0.395 bits per heavy atom. The van der Waals surface area contributed by atoms with Crippen LogP contribution >= 0.6 is 174 Å². The molecule has 4 unspecified atom stereocenters. The maximum Gasteiger partial charge on any atom is 0.474 e. The predicted octanol–water partition coefficient (Wildman–Crippen LogP) is 14.8. The zero-order chi connectivity index (χ0) is 57.2. The zero-order valence-corrected chi connectivity index (χ0v) is 61.6. The van der Waals surface area contributed by atoms with Gasteiger partial charge in [0.1, 0.15) is 0 Å². The molecule has 0 aliphatic carbocycles. The molecule has 0 amide bonds. The van der Waals surface area contributed by atoms with E-state index in [1.807, 2.05) is 55.4 Å². The first kappa shape index (κ1) is 73.1. The van der Waals surface area contributed by atoms with E-state index in [-0.39, 0.29) is 133 Å². The summed E-state index contributed by atoms with van der Waals surface area (Å²) in [5.74, 6) is 0. The molecule has 6 fully saturated rings. The Kier molecular flexibility index (Phi) is 29.5. The number of rotatable bonds is 21. The molecule has 6 saturated heterocycles. The highest BCUT2D eigenvalue weighted by Crippen LogP contribution is 2.62. The van der Waals surface area contributed by atoms with Crippen LogP contribution in [0.2, 0.25) is 0 Å². The first-order valence-corrected chi connectivity index (χ1v) is 41.1. The lowest BCUT2D eigenvalue weighted by Crippen LogP contribution is -2.46. The highest BCUT2D eigenvalue weighted by atomic mass is 79.9. The number of halogens is 8. The van der Waals surface area contributed by atoms with E-state index in [4.69, 9.17) is 72.4 Å². The summed E-state index contributed by atoms with van der Waals surface area (Å²) in [6.07, 6.45) is 0.398. The van der Waals surface area contributed by atoms with E-state index < -0.39 is 57.3 Å². The molecule has 6 aliphatic heterocycles. The van der Waals surface area contributed by atoms with Crippen molar-refractivity contribution < 1.29 is 99.8 Å². The summed E-state index contributed by atoms with van der Waals surface area (Å²) in [5.41, 5.74) is -2.07. The van der Waals surface area contributed by atoms with Gasteiger partial charge in [0, 0.05) is 67.7 Å². The SMILES string of the molecule is CC1(C)COP(=O)(CC(Br)C(Br)CP2(=O)OCC(C)(C)CO2)OC1.CC1(C)COP(=O)(OCC(CBr)(CBr)COP2(=O)OCC(C)(C)CO2)OC1.O=P1(OCC(Br)CBr)OCC2(CO1)COP(=O)(OCC(Br)CBr)OC2. The Bertz CT molecular complexity index is 1940. The van der Waals surface area contributed by atoms with E-state index in [2.05, 4.69) is 127 Å². The Morgan fingerprint density at radius 3 is 0.882 bits per heavy atom. The second-order valence-electron chi connectivity index (χ2n) is 22.3. The summed E-state index contributed by atoms with van der Waals surface area (Å²) in [4.78, 5) is -0.498. The molecule has 0 N–H and O–H groups in total. The van der Waals surface area contributed by atoms with Gasteiger partial charge in [0.05, 0.1) is 123 Å². The molecule has 6 heterocycles. The van der Waals surface area contributed by atoms with E-state index in [9.17, 15) is 27.4 Å². The lowest BCUT2D eigenvalue weighted by Gasteiger charge is -2.41. The monoisotopic (exact) mass is 1720 g/mol. The molecule has 450 valence electrons. The van der Waals surface area contributed by atoms with Crippen molar-refractivity contribution in [2.24, 2.45) is 32.5 Å². The zero-order valence-electron chi connectivity index (χ0n) is 43.6. The minimum Gasteiger partial charge on any atom is -0.308 e. The number of phosphoric acid groups is 4. The third-order valence-electron chi connectivity index (χ3n) is 11.2. The van der Waals surface area contributed by atoms with Crippen molar-refractivity contribution in [3.63, 3.8) is 0 Å². The van der Waals surface area contributed by atoms with E-state index in [1.165, 1.54) is 0 Å². The highest BCUT2D eigenvalue weighted by Gasteiger charge is 2.51. The van der Waals surface area contributed by atoms with Crippen LogP contribution < -0.4 is 0 Å². The summed E-state index contributed by atoms with van der Waals surface area (Å²) >= 11 is 27.1. The third-order valence-corrected chi connectivity index (χ3v) is 30.8. The quantitative estimate of drug-likeness (QED) is 0.0765. The van der Waals surface area contributed by atoms with Crippen molar-refractivity contribution in [1.82, 2.24) is 0 Å². The fraction of sp³-hybridized carbons (Fsp3) is 1.00. The predicted molar refractivity (Wildman–Crippen MR) is 317 cm³/mol. The topological polar surface area (TPSA) is 250 Å². The van der Waals surface area contributed by atoms with Gasteiger partial charge in [0.2, 0.25) is 0 Å². The molecule has 0 aromatic rings. The van der Waals surface area contributed by atoms with Crippen LogP contribution in [-0.4, -0.2) is 159 Å². The average molecular weight is 1730 g/mol. The van der Waals surface area contributed by atoms with Gasteiger partial charge in [0.15, 0.2) is 0 Å². The second-order valence-corrected chi connectivity index (χ2v) is 40.5. The summed E-state index contributed by atoms with van der Waals surface area (Å²) in [6, 6.07) is 0. The van der Waals surface area contributed by atoms with E-state index >= 15 is 0 Å². The summed E-state index contributed by atoms with van der Waals surface area (Å²) in [7, 11) is -20.8. The number of alkyl halides is 8. The van der Waals surface area contributed by atoms with Crippen molar-refractivity contribution in [2.75, 3.05) is 139 Å². The van der Waals surface area contributed by atoms with Crippen molar-refractivity contribution >= 4 is 174 Å². The Morgan fingerprint density at radius 2 is 0.632 bits per heavy atom. The van der Waals surface area contributed by atoms with Crippen molar-refractivity contribution in [1.29, 1.82) is 0 Å². The van der Waals surface area contributed by atoms with E-state index in [0.717, 1.165) is 0 Å². The Hall–Kier alpha value is 4.58. The minimum atomic E-state index is -3.64. The van der Waals surface area contributed by atoms with Gasteiger partial charge < -0.3 is 18.1 Å². The van der Waals surface area contributed by atoms with Crippen LogP contribution in [0.4, 0.5) is 0 Å². The van der Waals surface area contributed by atoms with Crippen LogP contribution in [0.5, 0.6) is 0 Å². The van der Waals surface area contributed by atoms with Gasteiger partial charge in [0.25, 0.3) is 0 Å². The van der Waals surface area contributed by atoms with Gasteiger partial charge in [-0.1, -0.05) is 183 Å². The molecule has 0 bridgehead atoms. The largest absolute Gasteiger partial charge is 0.474 e. The van der Waals surface area contributed by atoms with Gasteiger partial charge >= 0.3 is 46.5 Å². The highest BCUT2D eigenvalue weighted by molar-refractivity contribution is 9.13. The molecule has 0 aromatic carbocycles. The van der Waals surface area contributed by atoms with Crippen LogP contribution in [0, 0.1) is 32.5 Å². The Balaban J connectivity index is 0.000000247. The smallest absolute Gasteiger partial charge is 0.308 e. The van der Waals surface area contributed by atoms with Crippen LogP contribution in [0.3, 0.4) is 0 Å². The molecule has 6 aliphatic rings. The third kappa shape index (κ3) is 24.6. The molecule has 1 spiro atoms. The molecule has 0 aromatic heterocycles. The van der Waals surface area contributed by atoms with Gasteiger partial charge in [-0.25, -0.2) is 18.3 Å². The van der Waals surface area contributed by atoms with Gasteiger partial charge in [-0.2, -0.15) is 0 Å². The second kappa shape index (κ2) is 30.7. The lowest BCUT2D eigenvalue weighted by molar-refractivity contribution is -0.0951. The molecule has 0 saturated carbocycles. The molecule has 36 heteroatoms. The first-order valence-electron chi connectivity index (χ1n) is 23.6. The minimum absolute atomic E-state index is 0.00665.